The molecule has 4 rings (SSSR count). The number of ether oxygens (including phenoxy) is 1. The fourth-order valence-corrected chi connectivity index (χ4v) is 5.37. The fraction of sp³-hybridized carbons (Fsp3) is 0.429. The highest BCUT2D eigenvalue weighted by Gasteiger charge is 2.44. The summed E-state index contributed by atoms with van der Waals surface area (Å²) in [7, 11) is 0. The van der Waals surface area contributed by atoms with Gasteiger partial charge in [-0.05, 0) is 93.5 Å². The standard InChI is InChI=1S/C28H33ClN4O4S/c1-3-37-27(36)20-7-9-22(10-8-20)30-25(34)18-24-26(35)33(23-6-4-5-21(29)17-23)28(38)32(24)16-15-31-13-11-19(2)12-14-31/h4-10,17,19,24H,3,11-16,18H2,1-2H3,(H,30,34). The Morgan fingerprint density at radius 1 is 1.11 bits per heavy atom. The highest BCUT2D eigenvalue weighted by molar-refractivity contribution is 7.80. The van der Waals surface area contributed by atoms with E-state index < -0.39 is 12.0 Å². The second kappa shape index (κ2) is 12.7. The average Bonchev–Trinajstić information content (AvgIpc) is 3.12. The van der Waals surface area contributed by atoms with Crippen molar-refractivity contribution < 1.29 is 19.1 Å². The minimum absolute atomic E-state index is 0.0628. The van der Waals surface area contributed by atoms with E-state index in [-0.39, 0.29) is 24.8 Å². The molecule has 0 spiro atoms. The second-order valence-corrected chi connectivity index (χ2v) is 10.5. The average molecular weight is 557 g/mol. The molecule has 0 radical (unpaired) electrons. The van der Waals surface area contributed by atoms with Gasteiger partial charge in [-0.25, -0.2) is 4.79 Å². The first kappa shape index (κ1) is 28.0. The van der Waals surface area contributed by atoms with Gasteiger partial charge in [0, 0.05) is 23.8 Å². The lowest BCUT2D eigenvalue weighted by molar-refractivity contribution is -0.124. The van der Waals surface area contributed by atoms with E-state index in [0.29, 0.717) is 33.6 Å². The zero-order valence-electron chi connectivity index (χ0n) is 21.7. The van der Waals surface area contributed by atoms with Gasteiger partial charge in [-0.2, -0.15) is 0 Å². The van der Waals surface area contributed by atoms with Crippen LogP contribution >= 0.6 is 23.8 Å². The van der Waals surface area contributed by atoms with Gasteiger partial charge in [0.1, 0.15) is 6.04 Å². The molecular formula is C28H33ClN4O4S. The van der Waals surface area contributed by atoms with Gasteiger partial charge in [0.25, 0.3) is 5.91 Å². The number of thiocarbonyl (C=S) groups is 1. The van der Waals surface area contributed by atoms with Crippen molar-refractivity contribution in [3.8, 4) is 0 Å². The van der Waals surface area contributed by atoms with E-state index in [1.807, 2.05) is 4.90 Å². The van der Waals surface area contributed by atoms with E-state index in [9.17, 15) is 14.4 Å². The molecule has 2 saturated heterocycles. The summed E-state index contributed by atoms with van der Waals surface area (Å²) in [5, 5.41) is 3.71. The Bertz CT molecular complexity index is 1180. The number of hydrogen-bond donors (Lipinski definition) is 1. The number of halogens is 1. The molecule has 1 unspecified atom stereocenters. The lowest BCUT2D eigenvalue weighted by atomic mass is 9.99. The summed E-state index contributed by atoms with van der Waals surface area (Å²) >= 11 is 12.0. The quantitative estimate of drug-likeness (QED) is 0.357. The molecule has 38 heavy (non-hydrogen) atoms. The van der Waals surface area contributed by atoms with Crippen molar-refractivity contribution in [2.75, 3.05) is 43.0 Å². The number of amides is 2. The molecule has 2 amide bonds. The van der Waals surface area contributed by atoms with E-state index in [1.165, 1.54) is 4.90 Å². The molecule has 10 heteroatoms. The van der Waals surface area contributed by atoms with Crippen molar-refractivity contribution in [3.63, 3.8) is 0 Å². The summed E-state index contributed by atoms with van der Waals surface area (Å²) in [6.45, 7) is 7.63. The van der Waals surface area contributed by atoms with Crippen molar-refractivity contribution in [2.24, 2.45) is 5.92 Å². The highest BCUT2D eigenvalue weighted by Crippen LogP contribution is 2.29. The van der Waals surface area contributed by atoms with Crippen LogP contribution in [-0.2, 0) is 14.3 Å². The molecule has 8 nitrogen and oxygen atoms in total. The monoisotopic (exact) mass is 556 g/mol. The van der Waals surface area contributed by atoms with Gasteiger partial charge in [0.05, 0.1) is 24.3 Å². The number of nitrogens with zero attached hydrogens (tertiary/aromatic N) is 3. The number of likely N-dealkylation sites (tertiary alicyclic amines) is 1. The maximum Gasteiger partial charge on any atom is 0.338 e. The molecule has 2 fully saturated rings. The number of piperidine rings is 1. The molecule has 1 N–H and O–H groups in total. The minimum Gasteiger partial charge on any atom is -0.462 e. The maximum atomic E-state index is 13.6. The van der Waals surface area contributed by atoms with Gasteiger partial charge in [-0.1, -0.05) is 24.6 Å². The topological polar surface area (TPSA) is 82.2 Å². The Morgan fingerprint density at radius 3 is 2.47 bits per heavy atom. The third kappa shape index (κ3) is 6.70. The number of rotatable bonds is 9. The van der Waals surface area contributed by atoms with Gasteiger partial charge in [0.2, 0.25) is 5.91 Å². The zero-order valence-corrected chi connectivity index (χ0v) is 23.3. The molecule has 2 aromatic carbocycles. The van der Waals surface area contributed by atoms with E-state index in [2.05, 4.69) is 17.1 Å². The van der Waals surface area contributed by atoms with Crippen LogP contribution in [-0.4, -0.2) is 71.5 Å². The summed E-state index contributed by atoms with van der Waals surface area (Å²) in [5.74, 6) is -0.269. The molecule has 202 valence electrons. The van der Waals surface area contributed by atoms with Crippen LogP contribution in [0.4, 0.5) is 11.4 Å². The van der Waals surface area contributed by atoms with Crippen molar-refractivity contribution in [1.82, 2.24) is 9.80 Å². The van der Waals surface area contributed by atoms with Gasteiger partial charge < -0.3 is 19.9 Å². The number of nitrogens with one attached hydrogen (secondary N) is 1. The third-order valence-corrected chi connectivity index (χ3v) is 7.63. The predicted octanol–water partition coefficient (Wildman–Crippen LogP) is 4.58. The summed E-state index contributed by atoms with van der Waals surface area (Å²) in [6.07, 6.45) is 2.24. The van der Waals surface area contributed by atoms with E-state index >= 15 is 0 Å². The summed E-state index contributed by atoms with van der Waals surface area (Å²) in [6, 6.07) is 12.7. The number of carbonyl (C=O) groups is 3. The summed E-state index contributed by atoms with van der Waals surface area (Å²) in [5.41, 5.74) is 1.51. The number of hydrogen-bond acceptors (Lipinski definition) is 6. The van der Waals surface area contributed by atoms with Crippen molar-refractivity contribution in [1.29, 1.82) is 0 Å². The van der Waals surface area contributed by atoms with Crippen LogP contribution < -0.4 is 10.2 Å². The first-order chi connectivity index (χ1) is 18.3. The zero-order chi connectivity index (χ0) is 27.2. The SMILES string of the molecule is CCOC(=O)c1ccc(NC(=O)CC2C(=O)N(c3cccc(Cl)c3)C(=S)N2CCN2CCC(C)CC2)cc1. The smallest absolute Gasteiger partial charge is 0.338 e. The molecule has 0 saturated carbocycles. The molecule has 0 aromatic heterocycles. The highest BCUT2D eigenvalue weighted by atomic mass is 35.5. The molecule has 0 aliphatic carbocycles. The van der Waals surface area contributed by atoms with Gasteiger partial charge in [-0.15, -0.1) is 0 Å². The maximum absolute atomic E-state index is 13.6. The summed E-state index contributed by atoms with van der Waals surface area (Å²) in [4.78, 5) is 44.3. The Labute approximate surface area is 233 Å². The second-order valence-electron chi connectivity index (χ2n) is 9.72. The number of anilines is 2. The number of benzene rings is 2. The molecule has 2 aliphatic heterocycles. The first-order valence-electron chi connectivity index (χ1n) is 13.0. The van der Waals surface area contributed by atoms with Crippen molar-refractivity contribution in [3.05, 3.63) is 59.1 Å². The Hall–Kier alpha value is -3.01. The Morgan fingerprint density at radius 2 is 1.82 bits per heavy atom. The van der Waals surface area contributed by atoms with Crippen LogP contribution in [0, 0.1) is 5.92 Å². The Kier molecular flexibility index (Phi) is 9.35. The minimum atomic E-state index is -0.732. The molecular weight excluding hydrogens is 524 g/mol. The van der Waals surface area contributed by atoms with Crippen LogP contribution in [0.1, 0.15) is 43.5 Å². The Balaban J connectivity index is 1.47. The molecule has 2 heterocycles. The van der Waals surface area contributed by atoms with Gasteiger partial charge in [-0.3, -0.25) is 14.5 Å². The van der Waals surface area contributed by atoms with Crippen LogP contribution in [0.2, 0.25) is 5.02 Å². The fourth-order valence-electron chi connectivity index (χ4n) is 4.77. The van der Waals surface area contributed by atoms with Crippen LogP contribution in [0.5, 0.6) is 0 Å². The first-order valence-corrected chi connectivity index (χ1v) is 13.7. The van der Waals surface area contributed by atoms with Gasteiger partial charge in [0.15, 0.2) is 5.11 Å². The molecule has 2 aliphatic rings. The lowest BCUT2D eigenvalue weighted by Crippen LogP contribution is -2.44. The van der Waals surface area contributed by atoms with E-state index in [4.69, 9.17) is 28.6 Å². The predicted molar refractivity (Wildman–Crippen MR) is 153 cm³/mol. The third-order valence-electron chi connectivity index (χ3n) is 6.98. The number of esters is 1. The normalized spacial score (nSPS) is 18.7. The molecule has 1 atom stereocenters. The van der Waals surface area contributed by atoms with E-state index in [1.54, 1.807) is 55.5 Å². The lowest BCUT2D eigenvalue weighted by Gasteiger charge is -2.32. The van der Waals surface area contributed by atoms with Crippen molar-refractivity contribution >= 4 is 58.1 Å². The number of carbonyl (C=O) groups excluding carboxylic acids is 3. The summed E-state index contributed by atoms with van der Waals surface area (Å²) < 4.78 is 5.00. The van der Waals surface area contributed by atoms with Crippen molar-refractivity contribution in [2.45, 2.75) is 39.2 Å². The van der Waals surface area contributed by atoms with E-state index in [0.717, 1.165) is 38.4 Å². The molecule has 0 bridgehead atoms. The van der Waals surface area contributed by atoms with Crippen LogP contribution in [0.3, 0.4) is 0 Å². The van der Waals surface area contributed by atoms with Crippen LogP contribution in [0.25, 0.3) is 0 Å². The van der Waals surface area contributed by atoms with Gasteiger partial charge >= 0.3 is 5.97 Å². The van der Waals surface area contributed by atoms with Crippen LogP contribution in [0.15, 0.2) is 48.5 Å². The molecule has 2 aromatic rings. The largest absolute Gasteiger partial charge is 0.462 e.